The predicted octanol–water partition coefficient (Wildman–Crippen LogP) is 3.70. The maximum absolute atomic E-state index is 11.6. The summed E-state index contributed by atoms with van der Waals surface area (Å²) in [5.74, 6) is 0.669. The van der Waals surface area contributed by atoms with Gasteiger partial charge < -0.3 is 15.4 Å². The number of carbonyl (C=O) groups is 1. The minimum absolute atomic E-state index is 0.449. The molecule has 122 valence electrons. The maximum atomic E-state index is 11.6. The summed E-state index contributed by atoms with van der Waals surface area (Å²) < 4.78 is 0. The third-order valence-corrected chi connectivity index (χ3v) is 4.14. The normalized spacial score (nSPS) is 15.1. The summed E-state index contributed by atoms with van der Waals surface area (Å²) in [4.78, 5) is 20.4. The summed E-state index contributed by atoms with van der Waals surface area (Å²) in [7, 11) is 0. The lowest BCUT2D eigenvalue weighted by atomic mass is 9.92. The van der Waals surface area contributed by atoms with Crippen LogP contribution in [0.1, 0.15) is 17.2 Å². The summed E-state index contributed by atoms with van der Waals surface area (Å²) in [5.41, 5.74) is 4.64. The number of benzene rings is 1. The van der Waals surface area contributed by atoms with E-state index in [4.69, 9.17) is 0 Å². The van der Waals surface area contributed by atoms with Crippen LogP contribution in [0.25, 0.3) is 17.2 Å². The van der Waals surface area contributed by atoms with Crippen LogP contribution in [0.4, 0.5) is 11.5 Å². The minimum Gasteiger partial charge on any atom is -0.378 e. The van der Waals surface area contributed by atoms with E-state index in [0.29, 0.717) is 5.82 Å². The highest BCUT2D eigenvalue weighted by Gasteiger charge is 2.24. The minimum atomic E-state index is -0.449. The van der Waals surface area contributed by atoms with Crippen molar-refractivity contribution >= 4 is 23.9 Å². The summed E-state index contributed by atoms with van der Waals surface area (Å²) >= 11 is 0. The molecule has 1 unspecified atom stereocenters. The lowest BCUT2D eigenvalue weighted by Crippen LogP contribution is -2.23. The summed E-state index contributed by atoms with van der Waals surface area (Å²) in [5, 5.41) is 6.40. The Morgan fingerprint density at radius 3 is 2.72 bits per heavy atom. The zero-order chi connectivity index (χ0) is 17.1. The predicted molar refractivity (Wildman–Crippen MR) is 98.2 cm³/mol. The third kappa shape index (κ3) is 2.87. The SMILES string of the molecule is O=CC1NC=Cc2c(-c3cccnc3)cnc(Nc3ccccc3)c21. The van der Waals surface area contributed by atoms with Crippen LogP contribution in [0.3, 0.4) is 0 Å². The first-order valence-electron chi connectivity index (χ1n) is 8.00. The zero-order valence-electron chi connectivity index (χ0n) is 13.4. The standard InChI is InChI=1S/C20H16N4O/c25-13-18-19-16(8-10-22-18)17(14-5-4-9-21-11-14)12-23-20(19)24-15-6-2-1-3-7-15/h1-13,18,22H,(H,23,24). The monoisotopic (exact) mass is 328 g/mol. The van der Waals surface area contributed by atoms with E-state index in [9.17, 15) is 4.79 Å². The van der Waals surface area contributed by atoms with E-state index in [1.165, 1.54) is 0 Å². The first kappa shape index (κ1) is 15.1. The van der Waals surface area contributed by atoms with Crippen molar-refractivity contribution in [3.05, 3.63) is 78.4 Å². The van der Waals surface area contributed by atoms with Crippen molar-refractivity contribution in [2.75, 3.05) is 5.32 Å². The molecule has 0 bridgehead atoms. The number of hydrogen-bond donors (Lipinski definition) is 2. The molecule has 1 aliphatic heterocycles. The molecule has 0 fully saturated rings. The van der Waals surface area contributed by atoms with E-state index in [0.717, 1.165) is 34.2 Å². The van der Waals surface area contributed by atoms with Gasteiger partial charge in [0.1, 0.15) is 18.1 Å². The number of carbonyl (C=O) groups excluding carboxylic acids is 1. The Morgan fingerprint density at radius 2 is 1.96 bits per heavy atom. The molecule has 2 N–H and O–H groups in total. The average molecular weight is 328 g/mol. The Kier molecular flexibility index (Phi) is 3.96. The lowest BCUT2D eigenvalue weighted by molar-refractivity contribution is -0.109. The van der Waals surface area contributed by atoms with E-state index in [2.05, 4.69) is 20.6 Å². The molecule has 0 saturated carbocycles. The van der Waals surface area contributed by atoms with Gasteiger partial charge in [-0.2, -0.15) is 0 Å². The number of aromatic nitrogens is 2. The van der Waals surface area contributed by atoms with Gasteiger partial charge in [-0.05, 0) is 36.0 Å². The van der Waals surface area contributed by atoms with Gasteiger partial charge >= 0.3 is 0 Å². The quantitative estimate of drug-likeness (QED) is 0.715. The van der Waals surface area contributed by atoms with Gasteiger partial charge in [0.2, 0.25) is 0 Å². The molecular formula is C20H16N4O. The molecule has 3 heterocycles. The molecule has 5 nitrogen and oxygen atoms in total. The molecule has 0 spiro atoms. The molecule has 1 aromatic carbocycles. The molecule has 25 heavy (non-hydrogen) atoms. The number of nitrogens with zero attached hydrogens (tertiary/aromatic N) is 2. The van der Waals surface area contributed by atoms with Gasteiger partial charge in [0.15, 0.2) is 0 Å². The van der Waals surface area contributed by atoms with Crippen LogP contribution in [0, 0.1) is 0 Å². The molecule has 5 heteroatoms. The highest BCUT2D eigenvalue weighted by molar-refractivity contribution is 5.84. The van der Waals surface area contributed by atoms with E-state index < -0.39 is 6.04 Å². The van der Waals surface area contributed by atoms with Gasteiger partial charge in [0.25, 0.3) is 0 Å². The van der Waals surface area contributed by atoms with Crippen molar-refractivity contribution in [3.63, 3.8) is 0 Å². The highest BCUT2D eigenvalue weighted by Crippen LogP contribution is 2.36. The van der Waals surface area contributed by atoms with Crippen LogP contribution in [0.2, 0.25) is 0 Å². The number of nitrogens with one attached hydrogen (secondary N) is 2. The number of para-hydroxylation sites is 1. The number of anilines is 2. The smallest absolute Gasteiger partial charge is 0.146 e. The van der Waals surface area contributed by atoms with Crippen LogP contribution in [0.15, 0.2) is 67.3 Å². The Morgan fingerprint density at radius 1 is 1.08 bits per heavy atom. The van der Waals surface area contributed by atoms with Crippen molar-refractivity contribution in [3.8, 4) is 11.1 Å². The fourth-order valence-corrected chi connectivity index (χ4v) is 2.97. The fraction of sp³-hybridized carbons (Fsp3) is 0.0500. The van der Waals surface area contributed by atoms with E-state index in [-0.39, 0.29) is 0 Å². The second-order valence-corrected chi connectivity index (χ2v) is 5.69. The van der Waals surface area contributed by atoms with E-state index in [1.54, 1.807) is 18.6 Å². The van der Waals surface area contributed by atoms with Crippen molar-refractivity contribution in [1.29, 1.82) is 0 Å². The van der Waals surface area contributed by atoms with Gasteiger partial charge in [0.05, 0.1) is 0 Å². The Labute approximate surface area is 145 Å². The molecule has 0 radical (unpaired) electrons. The average Bonchev–Trinajstić information content (AvgIpc) is 2.69. The highest BCUT2D eigenvalue weighted by atomic mass is 16.1. The van der Waals surface area contributed by atoms with Crippen molar-refractivity contribution in [2.45, 2.75) is 6.04 Å². The lowest BCUT2D eigenvalue weighted by Gasteiger charge is -2.24. The number of pyridine rings is 2. The topological polar surface area (TPSA) is 66.9 Å². The van der Waals surface area contributed by atoms with Crippen LogP contribution in [-0.4, -0.2) is 16.3 Å². The molecule has 3 aromatic rings. The van der Waals surface area contributed by atoms with Gasteiger partial charge in [-0.3, -0.25) is 4.98 Å². The number of hydrogen-bond acceptors (Lipinski definition) is 5. The molecule has 2 aromatic heterocycles. The summed E-state index contributed by atoms with van der Waals surface area (Å²) in [6.45, 7) is 0. The van der Waals surface area contributed by atoms with Gasteiger partial charge in [-0.1, -0.05) is 24.3 Å². The summed E-state index contributed by atoms with van der Waals surface area (Å²) in [6, 6.07) is 13.2. The number of fused-ring (bicyclic) bond motifs is 1. The van der Waals surface area contributed by atoms with Crippen molar-refractivity contribution in [1.82, 2.24) is 15.3 Å². The second kappa shape index (κ2) is 6.57. The molecule has 1 atom stereocenters. The van der Waals surface area contributed by atoms with Gasteiger partial charge in [-0.25, -0.2) is 4.98 Å². The molecule has 4 rings (SSSR count). The second-order valence-electron chi connectivity index (χ2n) is 5.69. The molecule has 1 aliphatic rings. The van der Waals surface area contributed by atoms with Crippen LogP contribution >= 0.6 is 0 Å². The molecule has 0 aliphatic carbocycles. The molecular weight excluding hydrogens is 312 g/mol. The Hall–Kier alpha value is -3.47. The number of rotatable bonds is 4. The molecule has 0 saturated heterocycles. The maximum Gasteiger partial charge on any atom is 0.146 e. The third-order valence-electron chi connectivity index (χ3n) is 4.14. The zero-order valence-corrected chi connectivity index (χ0v) is 13.4. The molecule has 0 amide bonds. The first-order chi connectivity index (χ1) is 12.4. The van der Waals surface area contributed by atoms with E-state index >= 15 is 0 Å². The first-order valence-corrected chi connectivity index (χ1v) is 8.00. The summed E-state index contributed by atoms with van der Waals surface area (Å²) in [6.07, 6.45) is 10.0. The van der Waals surface area contributed by atoms with Gasteiger partial charge in [0, 0.05) is 41.0 Å². The van der Waals surface area contributed by atoms with Gasteiger partial charge in [-0.15, -0.1) is 0 Å². The Balaban J connectivity index is 1.87. The van der Waals surface area contributed by atoms with E-state index in [1.807, 2.05) is 54.7 Å². The number of aldehydes is 1. The van der Waals surface area contributed by atoms with Crippen LogP contribution in [0.5, 0.6) is 0 Å². The fourth-order valence-electron chi connectivity index (χ4n) is 2.97. The van der Waals surface area contributed by atoms with Crippen LogP contribution in [-0.2, 0) is 4.79 Å². The van der Waals surface area contributed by atoms with Crippen molar-refractivity contribution < 1.29 is 4.79 Å². The Bertz CT molecular complexity index is 923. The largest absolute Gasteiger partial charge is 0.378 e. The van der Waals surface area contributed by atoms with Crippen molar-refractivity contribution in [2.24, 2.45) is 0 Å². The van der Waals surface area contributed by atoms with Crippen LogP contribution < -0.4 is 10.6 Å².